The average molecular weight is 857 g/mol. The second kappa shape index (κ2) is 41.8. The molecule has 0 aromatic heterocycles. The normalized spacial score (nSPS) is 14.9. The predicted molar refractivity (Wildman–Crippen MR) is 242 cm³/mol. The Morgan fingerprint density at radius 2 is 1.08 bits per heavy atom. The number of rotatable bonds is 38. The highest BCUT2D eigenvalue weighted by Crippen LogP contribution is 2.43. The van der Waals surface area contributed by atoms with Crippen molar-refractivity contribution in [3.63, 3.8) is 0 Å². The van der Waals surface area contributed by atoms with E-state index in [9.17, 15) is 28.9 Å². The van der Waals surface area contributed by atoms with Gasteiger partial charge in [0.2, 0.25) is 0 Å². The van der Waals surface area contributed by atoms with Crippen molar-refractivity contribution < 1.29 is 52.6 Å². The second-order valence-electron chi connectivity index (χ2n) is 13.7. The first-order valence-electron chi connectivity index (χ1n) is 21.4. The molecule has 0 aliphatic heterocycles. The lowest BCUT2D eigenvalue weighted by Gasteiger charge is -2.20. The molecule has 0 aliphatic rings. The van der Waals surface area contributed by atoms with E-state index < -0.39 is 58.4 Å². The number of carbonyl (C=O) groups excluding carboxylic acids is 3. The van der Waals surface area contributed by atoms with E-state index in [1.165, 1.54) is 0 Å². The summed E-state index contributed by atoms with van der Waals surface area (Å²) in [4.78, 5) is 46.7. The molecular weight excluding hydrogens is 783 g/mol. The molecule has 60 heavy (non-hydrogen) atoms. The van der Waals surface area contributed by atoms with E-state index in [4.69, 9.17) is 19.1 Å². The number of aliphatic hydroxyl groups is 2. The smallest absolute Gasteiger partial charge is 0.462 e. The summed E-state index contributed by atoms with van der Waals surface area (Å²) in [5.74, 6) is -0.988. The van der Waals surface area contributed by atoms with Gasteiger partial charge in [-0.25, -0.2) is 4.57 Å². The third-order valence-corrected chi connectivity index (χ3v) is 9.04. The van der Waals surface area contributed by atoms with E-state index in [1.807, 2.05) is 48.6 Å². The van der Waals surface area contributed by atoms with Gasteiger partial charge in [0, 0.05) is 19.3 Å². The molecule has 1 unspecified atom stereocenters. The number of allylic oxidation sites excluding steroid dienone is 20. The van der Waals surface area contributed by atoms with Gasteiger partial charge < -0.3 is 24.6 Å². The van der Waals surface area contributed by atoms with Gasteiger partial charge in [-0.15, -0.1) is 0 Å². The zero-order valence-electron chi connectivity index (χ0n) is 36.1. The van der Waals surface area contributed by atoms with Crippen LogP contribution in [0.5, 0.6) is 0 Å². The fourth-order valence-electron chi connectivity index (χ4n) is 4.79. The summed E-state index contributed by atoms with van der Waals surface area (Å²) in [5, 5.41) is 18.3. The van der Waals surface area contributed by atoms with E-state index in [0.717, 1.165) is 70.6 Å². The minimum Gasteiger partial charge on any atom is -0.462 e. The summed E-state index contributed by atoms with van der Waals surface area (Å²) < 4.78 is 32.5. The maximum Gasteiger partial charge on any atom is 0.472 e. The number of hydrogen-bond donors (Lipinski definition) is 3. The molecule has 0 amide bonds. The first-order chi connectivity index (χ1) is 29.1. The van der Waals surface area contributed by atoms with E-state index in [-0.39, 0.29) is 18.6 Å². The fourth-order valence-corrected chi connectivity index (χ4v) is 5.58. The lowest BCUT2D eigenvalue weighted by molar-refractivity contribution is -0.161. The maximum absolute atomic E-state index is 12.6. The van der Waals surface area contributed by atoms with Gasteiger partial charge in [-0.1, -0.05) is 142 Å². The average Bonchev–Trinajstić information content (AvgIpc) is 3.23. The Balaban J connectivity index is 4.59. The molecule has 11 nitrogen and oxygen atoms in total. The number of ether oxygens (including phenoxy) is 2. The molecule has 0 heterocycles. The largest absolute Gasteiger partial charge is 0.472 e. The van der Waals surface area contributed by atoms with Crippen LogP contribution in [0.3, 0.4) is 0 Å². The highest BCUT2D eigenvalue weighted by Gasteiger charge is 2.27. The van der Waals surface area contributed by atoms with Crippen molar-refractivity contribution in [3.05, 3.63) is 122 Å². The van der Waals surface area contributed by atoms with Crippen LogP contribution in [0, 0.1) is 0 Å². The van der Waals surface area contributed by atoms with Gasteiger partial charge >= 0.3 is 19.8 Å². The zero-order chi connectivity index (χ0) is 44.2. The topological polar surface area (TPSA) is 166 Å². The lowest BCUT2D eigenvalue weighted by atomic mass is 10.1. The predicted octanol–water partition coefficient (Wildman–Crippen LogP) is 10.7. The number of ketones is 1. The molecule has 0 saturated heterocycles. The minimum atomic E-state index is -4.67. The summed E-state index contributed by atoms with van der Waals surface area (Å²) in [6.45, 7) is 1.90. The van der Waals surface area contributed by atoms with Crippen molar-refractivity contribution in [3.8, 4) is 0 Å². The Hall–Kier alpha value is -3.96. The molecular formula is C48H73O11P. The number of hydrogen-bond acceptors (Lipinski definition) is 10. The number of aliphatic hydroxyl groups excluding tert-OH is 2. The molecule has 0 saturated carbocycles. The van der Waals surface area contributed by atoms with Gasteiger partial charge in [-0.05, 0) is 83.1 Å². The first-order valence-corrected chi connectivity index (χ1v) is 22.9. The summed E-state index contributed by atoms with van der Waals surface area (Å²) in [5.41, 5.74) is 0. The van der Waals surface area contributed by atoms with Crippen molar-refractivity contribution in [1.29, 1.82) is 0 Å². The van der Waals surface area contributed by atoms with Gasteiger partial charge in [0.1, 0.15) is 12.7 Å². The third kappa shape index (κ3) is 40.8. The molecule has 0 spiro atoms. The van der Waals surface area contributed by atoms with Gasteiger partial charge in [0.25, 0.3) is 0 Å². The summed E-state index contributed by atoms with van der Waals surface area (Å²) in [6, 6.07) is 0. The Morgan fingerprint density at radius 3 is 1.63 bits per heavy atom. The molecule has 0 fully saturated rings. The van der Waals surface area contributed by atoms with Gasteiger partial charge in [-0.3, -0.25) is 23.4 Å². The molecule has 0 rings (SSSR count). The van der Waals surface area contributed by atoms with Crippen LogP contribution in [0.2, 0.25) is 0 Å². The van der Waals surface area contributed by atoms with Gasteiger partial charge in [-0.2, -0.15) is 0 Å². The third-order valence-electron chi connectivity index (χ3n) is 8.09. The number of carbonyl (C=O) groups is 3. The molecule has 0 radical (unpaired) electrons. The fraction of sp³-hybridized carbons (Fsp3) is 0.521. The Morgan fingerprint density at radius 1 is 0.567 bits per heavy atom. The van der Waals surface area contributed by atoms with E-state index in [2.05, 4.69) is 79.1 Å². The molecule has 12 heteroatoms. The maximum atomic E-state index is 12.6. The van der Waals surface area contributed by atoms with Crippen LogP contribution in [-0.2, 0) is 37.5 Å². The van der Waals surface area contributed by atoms with Crippen LogP contribution < -0.4 is 0 Å². The monoisotopic (exact) mass is 856 g/mol. The van der Waals surface area contributed by atoms with Crippen LogP contribution in [0.4, 0.5) is 0 Å². The van der Waals surface area contributed by atoms with Crippen molar-refractivity contribution in [2.75, 3.05) is 26.4 Å². The van der Waals surface area contributed by atoms with Crippen LogP contribution in [0.15, 0.2) is 122 Å². The number of unbranched alkanes of at least 4 members (excludes halogenated alkanes) is 3. The van der Waals surface area contributed by atoms with E-state index >= 15 is 0 Å². The van der Waals surface area contributed by atoms with Gasteiger partial charge in [0.15, 0.2) is 11.9 Å². The van der Waals surface area contributed by atoms with E-state index in [1.54, 1.807) is 12.2 Å². The first kappa shape index (κ1) is 56.0. The second-order valence-corrected chi connectivity index (χ2v) is 15.1. The number of phosphoric acid groups is 1. The summed E-state index contributed by atoms with van der Waals surface area (Å²) in [6.07, 6.45) is 50.3. The summed E-state index contributed by atoms with van der Waals surface area (Å²) >= 11 is 0. The van der Waals surface area contributed by atoms with Crippen molar-refractivity contribution in [1.82, 2.24) is 0 Å². The van der Waals surface area contributed by atoms with Crippen molar-refractivity contribution >= 4 is 25.5 Å². The zero-order valence-corrected chi connectivity index (χ0v) is 37.0. The molecule has 0 aromatic rings. The lowest BCUT2D eigenvalue weighted by Crippen LogP contribution is -2.29. The Labute approximate surface area is 360 Å². The molecule has 3 atom stereocenters. The van der Waals surface area contributed by atoms with Crippen LogP contribution >= 0.6 is 7.82 Å². The van der Waals surface area contributed by atoms with Crippen molar-refractivity contribution in [2.45, 2.75) is 135 Å². The number of esters is 2. The van der Waals surface area contributed by atoms with E-state index in [0.29, 0.717) is 25.7 Å². The molecule has 0 aliphatic carbocycles. The summed E-state index contributed by atoms with van der Waals surface area (Å²) in [7, 11) is -4.67. The molecule has 0 aromatic carbocycles. The minimum absolute atomic E-state index is 0.0582. The molecule has 336 valence electrons. The van der Waals surface area contributed by atoms with Crippen LogP contribution in [0.1, 0.15) is 123 Å². The molecule has 3 N–H and O–H groups in total. The Bertz CT molecular complexity index is 1470. The van der Waals surface area contributed by atoms with Crippen molar-refractivity contribution in [2.24, 2.45) is 0 Å². The standard InChI is InChI=1S/C48H73O11P/c1-3-5-7-8-9-10-11-12-13-14-15-16-17-18-21-24-27-30-34-38-47(52)56-42-46(43-58-60(54,55)57-41-45(51)40-49)59-48(53)39-35-31-28-25-22-19-20-23-26-29-33-37-44(50)36-32-6-4-2/h5,7,9-10,12-13,15-16,18-21,25-30,33,37,45-46,49,51H,3-4,6,8,11,14,17,22-24,31-32,34-36,38-43H2,1-2H3,(H,54,55)/b7-5-,10-9-,13-12-,16-15-,20-19-,21-18-,28-25-,29-26-,30-27-,37-33+/t45-,46+/m0/s1. The highest BCUT2D eigenvalue weighted by molar-refractivity contribution is 7.47. The highest BCUT2D eigenvalue weighted by atomic mass is 31.2. The van der Waals surface area contributed by atoms with Crippen LogP contribution in [0.25, 0.3) is 0 Å². The van der Waals surface area contributed by atoms with Gasteiger partial charge in [0.05, 0.1) is 19.8 Å². The quantitative estimate of drug-likeness (QED) is 0.0135. The Kier molecular flexibility index (Phi) is 39.0. The SMILES string of the molecule is CC/C=C\C/C=C\C/C=C\C/C=C\C/C=C\C/C=C\CCC(=O)OC[C@H](COP(=O)(O)OC[C@@H](O)CO)OC(=O)CCC/C=C\C/C=C\C/C=C\C=C\C(=O)CCCCC. The number of phosphoric ester groups is 1. The molecule has 0 bridgehead atoms. The van der Waals surface area contributed by atoms with Crippen LogP contribution in [-0.4, -0.2) is 71.5 Å².